The minimum atomic E-state index is -0.638. The van der Waals surface area contributed by atoms with E-state index < -0.39 is 4.92 Å². The van der Waals surface area contributed by atoms with Crippen molar-refractivity contribution in [2.45, 2.75) is 0 Å². The van der Waals surface area contributed by atoms with Gasteiger partial charge in [-0.3, -0.25) is 10.1 Å². The summed E-state index contributed by atoms with van der Waals surface area (Å²) in [6.45, 7) is 0. The SMILES string of the molecule is N#Cc1cc(I)c(Oc2cccnc2C#N)c([N+](=O)[O-])c1. The molecule has 0 fully saturated rings. The van der Waals surface area contributed by atoms with Gasteiger partial charge >= 0.3 is 5.69 Å². The molecule has 1 aromatic carbocycles. The zero-order chi connectivity index (χ0) is 15.4. The van der Waals surface area contributed by atoms with Crippen LogP contribution in [0, 0.1) is 36.3 Å². The summed E-state index contributed by atoms with van der Waals surface area (Å²) in [4.78, 5) is 14.3. The summed E-state index contributed by atoms with van der Waals surface area (Å²) < 4.78 is 5.87. The highest BCUT2D eigenvalue weighted by Gasteiger charge is 2.22. The Balaban J connectivity index is 2.57. The van der Waals surface area contributed by atoms with Gasteiger partial charge in [-0.2, -0.15) is 10.5 Å². The zero-order valence-electron chi connectivity index (χ0n) is 10.3. The van der Waals surface area contributed by atoms with Gasteiger partial charge in [0.1, 0.15) is 6.07 Å². The fourth-order valence-electron chi connectivity index (χ4n) is 1.55. The molecule has 1 aromatic heterocycles. The van der Waals surface area contributed by atoms with Crippen molar-refractivity contribution in [3.8, 4) is 23.6 Å². The molecule has 0 unspecified atom stereocenters. The average molecular weight is 392 g/mol. The summed E-state index contributed by atoms with van der Waals surface area (Å²) in [7, 11) is 0. The van der Waals surface area contributed by atoms with Gasteiger partial charge in [0, 0.05) is 12.3 Å². The number of ether oxygens (including phenoxy) is 1. The second-order valence-corrected chi connectivity index (χ2v) is 4.90. The van der Waals surface area contributed by atoms with Gasteiger partial charge in [0.2, 0.25) is 5.75 Å². The third-order valence-electron chi connectivity index (χ3n) is 2.44. The highest BCUT2D eigenvalue weighted by Crippen LogP contribution is 2.37. The van der Waals surface area contributed by atoms with Crippen LogP contribution >= 0.6 is 22.6 Å². The maximum absolute atomic E-state index is 11.1. The number of rotatable bonds is 3. The van der Waals surface area contributed by atoms with Gasteiger partial charge in [0.25, 0.3) is 0 Å². The first-order valence-corrected chi connectivity index (χ1v) is 6.55. The van der Waals surface area contributed by atoms with E-state index in [1.807, 2.05) is 34.7 Å². The van der Waals surface area contributed by atoms with E-state index in [2.05, 4.69) is 4.98 Å². The molecule has 21 heavy (non-hydrogen) atoms. The lowest BCUT2D eigenvalue weighted by Crippen LogP contribution is -1.98. The van der Waals surface area contributed by atoms with Crippen LogP contribution in [0.2, 0.25) is 0 Å². The summed E-state index contributed by atoms with van der Waals surface area (Å²) >= 11 is 1.84. The third kappa shape index (κ3) is 3.07. The summed E-state index contributed by atoms with van der Waals surface area (Å²) in [6.07, 6.45) is 1.42. The number of halogens is 1. The van der Waals surface area contributed by atoms with E-state index in [0.717, 1.165) is 6.07 Å². The van der Waals surface area contributed by atoms with Crippen LogP contribution in [0.25, 0.3) is 0 Å². The van der Waals surface area contributed by atoms with E-state index >= 15 is 0 Å². The molecule has 0 atom stereocenters. The maximum atomic E-state index is 11.1. The number of aromatic nitrogens is 1. The Bertz CT molecular complexity index is 808. The first-order valence-electron chi connectivity index (χ1n) is 5.48. The molecule has 1 heterocycles. The number of benzene rings is 1. The molecule has 2 aromatic rings. The lowest BCUT2D eigenvalue weighted by atomic mass is 10.2. The van der Waals surface area contributed by atoms with Crippen molar-refractivity contribution >= 4 is 28.3 Å². The number of nitrogens with zero attached hydrogens (tertiary/aromatic N) is 4. The molecule has 0 aliphatic carbocycles. The number of nitro benzene ring substituents is 1. The van der Waals surface area contributed by atoms with Crippen LogP contribution < -0.4 is 4.74 Å². The number of pyridine rings is 1. The Labute approximate surface area is 132 Å². The lowest BCUT2D eigenvalue weighted by Gasteiger charge is -2.09. The monoisotopic (exact) mass is 392 g/mol. The average Bonchev–Trinajstić information content (AvgIpc) is 2.49. The second kappa shape index (κ2) is 6.15. The Morgan fingerprint density at radius 3 is 2.71 bits per heavy atom. The molecular formula is C13H5IN4O3. The summed E-state index contributed by atoms with van der Waals surface area (Å²) in [6, 6.07) is 9.33. The second-order valence-electron chi connectivity index (χ2n) is 3.74. The van der Waals surface area contributed by atoms with Crippen LogP contribution in [-0.2, 0) is 0 Å². The zero-order valence-corrected chi connectivity index (χ0v) is 12.4. The van der Waals surface area contributed by atoms with Gasteiger partial charge < -0.3 is 4.74 Å². The Morgan fingerprint density at radius 1 is 1.33 bits per heavy atom. The van der Waals surface area contributed by atoms with Crippen molar-refractivity contribution < 1.29 is 9.66 Å². The highest BCUT2D eigenvalue weighted by atomic mass is 127. The number of hydrogen-bond acceptors (Lipinski definition) is 6. The molecule has 0 aliphatic rings. The summed E-state index contributed by atoms with van der Waals surface area (Å²) in [5.41, 5.74) is -0.164. The van der Waals surface area contributed by atoms with Gasteiger partial charge in [-0.1, -0.05) is 0 Å². The molecule has 0 saturated heterocycles. The van der Waals surface area contributed by atoms with Crippen molar-refractivity contribution in [1.82, 2.24) is 4.98 Å². The van der Waals surface area contributed by atoms with Gasteiger partial charge in [0.05, 0.1) is 20.1 Å². The van der Waals surface area contributed by atoms with Crippen molar-refractivity contribution in [3.63, 3.8) is 0 Å². The smallest absolute Gasteiger partial charge is 0.314 e. The predicted octanol–water partition coefficient (Wildman–Crippen LogP) is 3.13. The van der Waals surface area contributed by atoms with Crippen molar-refractivity contribution in [3.05, 3.63) is 55.4 Å². The van der Waals surface area contributed by atoms with Gasteiger partial charge in [-0.15, -0.1) is 0 Å². The molecule has 0 radical (unpaired) electrons. The van der Waals surface area contributed by atoms with Gasteiger partial charge in [-0.05, 0) is 40.8 Å². The Morgan fingerprint density at radius 2 is 2.10 bits per heavy atom. The molecule has 0 N–H and O–H groups in total. The maximum Gasteiger partial charge on any atom is 0.314 e. The predicted molar refractivity (Wildman–Crippen MR) is 79.6 cm³/mol. The fraction of sp³-hybridized carbons (Fsp3) is 0. The van der Waals surface area contributed by atoms with Crippen LogP contribution in [0.5, 0.6) is 11.5 Å². The quantitative estimate of drug-likeness (QED) is 0.451. The van der Waals surface area contributed by atoms with E-state index in [1.54, 1.807) is 6.07 Å². The van der Waals surface area contributed by atoms with Gasteiger partial charge in [-0.25, -0.2) is 4.98 Å². The van der Waals surface area contributed by atoms with E-state index in [0.29, 0.717) is 3.57 Å². The molecule has 0 amide bonds. The van der Waals surface area contributed by atoms with E-state index in [1.165, 1.54) is 18.3 Å². The van der Waals surface area contributed by atoms with E-state index in [4.69, 9.17) is 15.3 Å². The van der Waals surface area contributed by atoms with E-state index in [-0.39, 0.29) is 28.4 Å². The molecule has 8 heteroatoms. The summed E-state index contributed by atoms with van der Waals surface area (Å²) in [5, 5.41) is 28.9. The van der Waals surface area contributed by atoms with Crippen LogP contribution in [0.1, 0.15) is 11.3 Å². The molecule has 0 spiro atoms. The largest absolute Gasteiger partial charge is 0.446 e. The number of nitriles is 2. The minimum Gasteiger partial charge on any atom is -0.446 e. The van der Waals surface area contributed by atoms with Crippen molar-refractivity contribution in [2.75, 3.05) is 0 Å². The molecular weight excluding hydrogens is 387 g/mol. The third-order valence-corrected chi connectivity index (χ3v) is 3.24. The minimum absolute atomic E-state index is 0.0203. The molecule has 102 valence electrons. The Kier molecular flexibility index (Phi) is 4.30. The summed E-state index contributed by atoms with van der Waals surface area (Å²) in [5.74, 6) is 0.0924. The normalized spacial score (nSPS) is 9.48. The molecule has 7 nitrogen and oxygen atoms in total. The topological polar surface area (TPSA) is 113 Å². The van der Waals surface area contributed by atoms with Crippen LogP contribution in [0.15, 0.2) is 30.5 Å². The lowest BCUT2D eigenvalue weighted by molar-refractivity contribution is -0.385. The number of hydrogen-bond donors (Lipinski definition) is 0. The molecule has 0 aliphatic heterocycles. The molecule has 0 saturated carbocycles. The van der Waals surface area contributed by atoms with Crippen molar-refractivity contribution in [1.29, 1.82) is 10.5 Å². The first-order chi connectivity index (χ1) is 10.1. The van der Waals surface area contributed by atoms with Crippen LogP contribution in [0.4, 0.5) is 5.69 Å². The first kappa shape index (κ1) is 14.7. The number of nitro groups is 1. The highest BCUT2D eigenvalue weighted by molar-refractivity contribution is 14.1. The molecule has 0 bridgehead atoms. The van der Waals surface area contributed by atoms with Crippen LogP contribution in [0.3, 0.4) is 0 Å². The standard InChI is InChI=1S/C13H5IN4O3/c14-9-4-8(6-15)5-11(18(19)20)13(9)21-12-2-1-3-17-10(12)7-16/h1-5H. The van der Waals surface area contributed by atoms with Crippen molar-refractivity contribution in [2.24, 2.45) is 0 Å². The van der Waals surface area contributed by atoms with Gasteiger partial charge in [0.15, 0.2) is 11.4 Å². The Hall–Kier alpha value is -2.72. The fourth-order valence-corrected chi connectivity index (χ4v) is 2.27. The van der Waals surface area contributed by atoms with E-state index in [9.17, 15) is 10.1 Å². The molecule has 2 rings (SSSR count). The van der Waals surface area contributed by atoms with Crippen LogP contribution in [-0.4, -0.2) is 9.91 Å².